The Morgan fingerprint density at radius 2 is 1.82 bits per heavy atom. The number of non-ortho nitro benzene ring substituents is 1. The van der Waals surface area contributed by atoms with Crippen LogP contribution in [0.15, 0.2) is 93.1 Å². The van der Waals surface area contributed by atoms with Crippen LogP contribution < -0.4 is 19.8 Å². The number of ether oxygens (including phenoxy) is 2. The van der Waals surface area contributed by atoms with E-state index in [-0.39, 0.29) is 23.7 Å². The third-order valence-corrected chi connectivity index (χ3v) is 7.30. The number of thiazole rings is 1. The number of rotatable bonds is 6. The predicted octanol–water partition coefficient (Wildman–Crippen LogP) is 4.77. The molecular formula is C28H22N6O5S. The first-order valence-electron chi connectivity index (χ1n) is 12.2. The number of para-hydroxylation sites is 1. The maximum absolute atomic E-state index is 13.5. The molecule has 1 aliphatic rings. The summed E-state index contributed by atoms with van der Waals surface area (Å²) in [6, 6.07) is 21.1. The molecule has 5 aromatic rings. The Balaban J connectivity index is 1.52. The number of fused-ring (bicyclic) bond motifs is 1. The topological polar surface area (TPSA) is 118 Å². The van der Waals surface area contributed by atoms with Crippen molar-refractivity contribution in [1.29, 1.82) is 0 Å². The summed E-state index contributed by atoms with van der Waals surface area (Å²) >= 11 is 1.27. The lowest BCUT2D eigenvalue weighted by atomic mass is 10.1. The van der Waals surface area contributed by atoms with Crippen molar-refractivity contribution in [2.45, 2.75) is 6.92 Å². The highest BCUT2D eigenvalue weighted by atomic mass is 32.1. The normalized spacial score (nSPS) is 12.9. The highest BCUT2D eigenvalue weighted by Crippen LogP contribution is 2.32. The minimum absolute atomic E-state index is 0.0434. The second-order valence-electron chi connectivity index (χ2n) is 8.90. The van der Waals surface area contributed by atoms with Crippen molar-refractivity contribution in [1.82, 2.24) is 14.0 Å². The number of benzene rings is 3. The molecule has 1 aliphatic heterocycles. The fourth-order valence-corrected chi connectivity index (χ4v) is 5.20. The molecule has 0 fully saturated rings. The summed E-state index contributed by atoms with van der Waals surface area (Å²) in [4.78, 5) is 29.7. The van der Waals surface area contributed by atoms with E-state index in [0.717, 1.165) is 11.3 Å². The van der Waals surface area contributed by atoms with E-state index in [2.05, 4.69) is 5.10 Å². The van der Waals surface area contributed by atoms with Crippen LogP contribution in [0, 0.1) is 17.0 Å². The zero-order valence-corrected chi connectivity index (χ0v) is 22.2. The smallest absolute Gasteiger partial charge is 0.297 e. The van der Waals surface area contributed by atoms with E-state index in [1.807, 2.05) is 54.8 Å². The highest BCUT2D eigenvalue weighted by Gasteiger charge is 2.18. The summed E-state index contributed by atoms with van der Waals surface area (Å²) in [5.41, 5.74) is 3.26. The van der Waals surface area contributed by atoms with Gasteiger partial charge in [-0.15, -0.1) is 11.3 Å². The lowest BCUT2D eigenvalue weighted by molar-refractivity contribution is -0.384. The van der Waals surface area contributed by atoms with Crippen molar-refractivity contribution in [3.8, 4) is 28.4 Å². The van der Waals surface area contributed by atoms with Gasteiger partial charge in [0.25, 0.3) is 11.2 Å². The average Bonchev–Trinajstić information content (AvgIpc) is 3.66. The van der Waals surface area contributed by atoms with Crippen LogP contribution in [-0.4, -0.2) is 32.0 Å². The average molecular weight is 555 g/mol. The molecule has 3 heterocycles. The Morgan fingerprint density at radius 1 is 1.02 bits per heavy atom. The summed E-state index contributed by atoms with van der Waals surface area (Å²) < 4.78 is 15.8. The zero-order valence-electron chi connectivity index (χ0n) is 21.4. The molecule has 0 saturated heterocycles. The van der Waals surface area contributed by atoms with Crippen LogP contribution in [0.25, 0.3) is 16.9 Å². The summed E-state index contributed by atoms with van der Waals surface area (Å²) in [6.07, 6.45) is 1.63. The Kier molecular flexibility index (Phi) is 6.36. The minimum Gasteiger partial charge on any atom is -0.454 e. The first-order valence-corrected chi connectivity index (χ1v) is 13.1. The standard InChI is InChI=1S/C28H22N6O5S/c1-18-26(27(35)33(31(18)2)21-8-4-3-5-9-21)30-28-32(29-15-19-11-12-24-25(13-19)39-17-38-24)23(16-40-28)20-7-6-10-22(14-20)34(36)37/h3-16H,17H2,1-2H3/b29-15+,30-28?. The summed E-state index contributed by atoms with van der Waals surface area (Å²) in [7, 11) is 1.80. The molecule has 200 valence electrons. The van der Waals surface area contributed by atoms with E-state index in [1.165, 1.54) is 23.5 Å². The van der Waals surface area contributed by atoms with Crippen molar-refractivity contribution in [2.24, 2.45) is 17.1 Å². The van der Waals surface area contributed by atoms with E-state index < -0.39 is 4.92 Å². The number of nitrogens with zero attached hydrogens (tertiary/aromatic N) is 6. The third-order valence-electron chi connectivity index (χ3n) is 6.49. The molecule has 12 heteroatoms. The van der Waals surface area contributed by atoms with Gasteiger partial charge in [0, 0.05) is 30.1 Å². The van der Waals surface area contributed by atoms with Crippen LogP contribution >= 0.6 is 11.3 Å². The Hall–Kier alpha value is -5.23. The number of hydrogen-bond acceptors (Lipinski definition) is 8. The Bertz CT molecular complexity index is 1920. The maximum Gasteiger partial charge on any atom is 0.297 e. The monoisotopic (exact) mass is 554 g/mol. The molecule has 3 aromatic carbocycles. The first kappa shape index (κ1) is 25.1. The molecule has 0 aliphatic carbocycles. The van der Waals surface area contributed by atoms with Crippen molar-refractivity contribution < 1.29 is 14.4 Å². The van der Waals surface area contributed by atoms with Crippen molar-refractivity contribution in [3.05, 3.63) is 115 Å². The van der Waals surface area contributed by atoms with Gasteiger partial charge < -0.3 is 9.47 Å². The second kappa shape index (κ2) is 10.2. The Morgan fingerprint density at radius 3 is 2.62 bits per heavy atom. The number of aromatic nitrogens is 3. The molecule has 0 saturated carbocycles. The molecule has 0 N–H and O–H groups in total. The SMILES string of the molecule is Cc1c(N=c2scc(-c3cccc([N+](=O)[O-])c3)n2/N=C/c2ccc3c(c2)OCO3)c(=O)n(-c2ccccc2)n1C. The van der Waals surface area contributed by atoms with Gasteiger partial charge in [-0.1, -0.05) is 30.3 Å². The summed E-state index contributed by atoms with van der Waals surface area (Å²) in [5.74, 6) is 1.27. The fraction of sp³-hybridized carbons (Fsp3) is 0.107. The van der Waals surface area contributed by atoms with Gasteiger partial charge >= 0.3 is 0 Å². The van der Waals surface area contributed by atoms with Crippen molar-refractivity contribution in [3.63, 3.8) is 0 Å². The van der Waals surface area contributed by atoms with Gasteiger partial charge in [-0.25, -0.2) is 14.4 Å². The van der Waals surface area contributed by atoms with Gasteiger partial charge in [0.05, 0.1) is 28.2 Å². The molecular weight excluding hydrogens is 532 g/mol. The molecule has 0 bridgehead atoms. The largest absolute Gasteiger partial charge is 0.454 e. The molecule has 0 unspecified atom stereocenters. The molecule has 0 spiro atoms. The van der Waals surface area contributed by atoms with Gasteiger partial charge in [0.2, 0.25) is 11.6 Å². The highest BCUT2D eigenvalue weighted by molar-refractivity contribution is 7.07. The lowest BCUT2D eigenvalue weighted by Crippen LogP contribution is -2.19. The number of hydrogen-bond donors (Lipinski definition) is 0. The van der Waals surface area contributed by atoms with Gasteiger partial charge in [0.15, 0.2) is 17.2 Å². The van der Waals surface area contributed by atoms with Crippen molar-refractivity contribution in [2.75, 3.05) is 6.79 Å². The molecule has 40 heavy (non-hydrogen) atoms. The lowest BCUT2D eigenvalue weighted by Gasteiger charge is -2.07. The quantitative estimate of drug-likeness (QED) is 0.170. The van der Waals surface area contributed by atoms with Gasteiger partial charge in [0.1, 0.15) is 0 Å². The Labute approximate surface area is 231 Å². The fourth-order valence-electron chi connectivity index (χ4n) is 4.36. The van der Waals surface area contributed by atoms with Crippen molar-refractivity contribution >= 4 is 28.9 Å². The van der Waals surface area contributed by atoms with Crippen LogP contribution in [0.3, 0.4) is 0 Å². The van der Waals surface area contributed by atoms with Gasteiger partial charge in [-0.3, -0.25) is 19.6 Å². The number of nitro benzene ring substituents is 1. The second-order valence-corrected chi connectivity index (χ2v) is 9.74. The molecule has 0 atom stereocenters. The predicted molar refractivity (Wildman–Crippen MR) is 151 cm³/mol. The molecule has 0 radical (unpaired) electrons. The maximum atomic E-state index is 13.5. The molecule has 11 nitrogen and oxygen atoms in total. The van der Waals surface area contributed by atoms with Crippen LogP contribution in [0.2, 0.25) is 0 Å². The van der Waals surface area contributed by atoms with Gasteiger partial charge in [-0.05, 0) is 42.8 Å². The van der Waals surface area contributed by atoms with E-state index in [1.54, 1.807) is 45.5 Å². The summed E-state index contributed by atoms with van der Waals surface area (Å²) in [5, 5.41) is 17.9. The van der Waals surface area contributed by atoms with E-state index in [4.69, 9.17) is 14.5 Å². The van der Waals surface area contributed by atoms with Crippen LogP contribution in [0.5, 0.6) is 11.5 Å². The van der Waals surface area contributed by atoms with Gasteiger partial charge in [-0.2, -0.15) is 5.10 Å². The van der Waals surface area contributed by atoms with E-state index in [0.29, 0.717) is 33.3 Å². The molecule has 0 amide bonds. The summed E-state index contributed by atoms with van der Waals surface area (Å²) in [6.45, 7) is 1.99. The molecule has 2 aromatic heterocycles. The van der Waals surface area contributed by atoms with E-state index >= 15 is 0 Å². The van der Waals surface area contributed by atoms with E-state index in [9.17, 15) is 14.9 Å². The van der Waals surface area contributed by atoms with Crippen LogP contribution in [0.1, 0.15) is 11.3 Å². The minimum atomic E-state index is -0.444. The third kappa shape index (κ3) is 4.50. The number of nitro groups is 1. The molecule has 6 rings (SSSR count). The zero-order chi connectivity index (χ0) is 27.8. The van der Waals surface area contributed by atoms with Crippen LogP contribution in [-0.2, 0) is 7.05 Å². The van der Waals surface area contributed by atoms with Crippen LogP contribution in [0.4, 0.5) is 11.4 Å². The first-order chi connectivity index (χ1) is 19.4.